The second-order valence-electron chi connectivity index (χ2n) is 7.12. The molecule has 30 heavy (non-hydrogen) atoms. The second-order valence-corrected chi connectivity index (χ2v) is 7.89. The molecule has 10 heteroatoms. The van der Waals surface area contributed by atoms with Crippen LogP contribution in [0.4, 0.5) is 17.3 Å². The minimum atomic E-state index is -0.205. The summed E-state index contributed by atoms with van der Waals surface area (Å²) < 4.78 is 7.60. The van der Waals surface area contributed by atoms with Crippen LogP contribution in [0.25, 0.3) is 11.0 Å². The summed E-state index contributed by atoms with van der Waals surface area (Å²) >= 11 is 1.38. The van der Waals surface area contributed by atoms with Crippen molar-refractivity contribution in [2.75, 3.05) is 48.5 Å². The van der Waals surface area contributed by atoms with Crippen LogP contribution in [-0.2, 0) is 11.8 Å². The Labute approximate surface area is 179 Å². The molecule has 0 saturated carbocycles. The lowest BCUT2D eigenvalue weighted by Gasteiger charge is -2.31. The van der Waals surface area contributed by atoms with Gasteiger partial charge in [0.2, 0.25) is 0 Å². The molecule has 3 N–H and O–H groups in total. The van der Waals surface area contributed by atoms with Crippen molar-refractivity contribution in [2.24, 2.45) is 7.05 Å². The van der Waals surface area contributed by atoms with Crippen molar-refractivity contribution in [2.45, 2.75) is 18.1 Å². The Balaban J connectivity index is 1.77. The molecule has 3 aromatic heterocycles. The van der Waals surface area contributed by atoms with Crippen LogP contribution in [0.5, 0.6) is 0 Å². The van der Waals surface area contributed by atoms with Gasteiger partial charge < -0.3 is 25.3 Å². The number of morpholine rings is 1. The summed E-state index contributed by atoms with van der Waals surface area (Å²) in [6, 6.07) is 6.08. The van der Waals surface area contributed by atoms with Crippen molar-refractivity contribution in [1.82, 2.24) is 19.5 Å². The zero-order valence-corrected chi connectivity index (χ0v) is 18.0. The standard InChI is InChI=1S/C20H24N8OS/c1-12(23-19-13(11-21)18(22)25-20(26-19)30-3)17-16(28-6-8-29-9-7-28)10-15-14(24-17)4-5-27(15)2/h4-5,10,12H,6-9H2,1-3H3,(H3,22,23,25,26). The Morgan fingerprint density at radius 1 is 1.30 bits per heavy atom. The number of nitrogens with two attached hydrogens (primary N) is 1. The maximum atomic E-state index is 9.55. The zero-order chi connectivity index (χ0) is 21.3. The number of pyridine rings is 1. The lowest BCUT2D eigenvalue weighted by atomic mass is 10.1. The van der Waals surface area contributed by atoms with Gasteiger partial charge in [-0.05, 0) is 25.3 Å². The molecule has 3 aromatic rings. The number of anilines is 3. The van der Waals surface area contributed by atoms with Crippen LogP contribution in [0.3, 0.4) is 0 Å². The number of fused-ring (bicyclic) bond motifs is 1. The molecule has 1 atom stereocenters. The summed E-state index contributed by atoms with van der Waals surface area (Å²) in [5.74, 6) is 0.594. The Bertz CT molecular complexity index is 1120. The van der Waals surface area contributed by atoms with E-state index in [9.17, 15) is 5.26 Å². The van der Waals surface area contributed by atoms with Crippen molar-refractivity contribution in [3.63, 3.8) is 0 Å². The minimum absolute atomic E-state index is 0.173. The van der Waals surface area contributed by atoms with Gasteiger partial charge in [-0.25, -0.2) is 15.0 Å². The highest BCUT2D eigenvalue weighted by molar-refractivity contribution is 7.98. The maximum absolute atomic E-state index is 9.55. The number of rotatable bonds is 5. The largest absolute Gasteiger partial charge is 0.382 e. The van der Waals surface area contributed by atoms with E-state index in [0.717, 1.165) is 35.5 Å². The fourth-order valence-corrected chi connectivity index (χ4v) is 3.97. The normalized spacial score (nSPS) is 15.2. The quantitative estimate of drug-likeness (QED) is 0.470. The molecule has 9 nitrogen and oxygen atoms in total. The molecule has 4 rings (SSSR count). The molecule has 1 unspecified atom stereocenters. The number of hydrogen-bond acceptors (Lipinski definition) is 9. The van der Waals surface area contributed by atoms with E-state index < -0.39 is 0 Å². The van der Waals surface area contributed by atoms with Crippen LogP contribution in [-0.4, -0.2) is 52.1 Å². The van der Waals surface area contributed by atoms with Gasteiger partial charge in [0, 0.05) is 26.3 Å². The number of nitriles is 1. The number of hydrogen-bond donors (Lipinski definition) is 2. The average molecular weight is 425 g/mol. The monoisotopic (exact) mass is 424 g/mol. The SMILES string of the molecule is CSc1nc(N)c(C#N)c(NC(C)c2nc3ccn(C)c3cc2N2CCOCC2)n1. The number of nitrogens with one attached hydrogen (secondary N) is 1. The molecule has 0 aromatic carbocycles. The average Bonchev–Trinajstić information content (AvgIpc) is 3.13. The third-order valence-corrected chi connectivity index (χ3v) is 5.75. The van der Waals surface area contributed by atoms with Crippen LogP contribution in [0.1, 0.15) is 24.2 Å². The number of nitrogen functional groups attached to an aromatic ring is 1. The molecule has 0 aliphatic carbocycles. The highest BCUT2D eigenvalue weighted by atomic mass is 32.2. The molecule has 1 saturated heterocycles. The first-order valence-electron chi connectivity index (χ1n) is 9.68. The van der Waals surface area contributed by atoms with Gasteiger partial charge in [0.1, 0.15) is 17.5 Å². The smallest absolute Gasteiger partial charge is 0.191 e. The maximum Gasteiger partial charge on any atom is 0.191 e. The molecule has 1 fully saturated rings. The lowest BCUT2D eigenvalue weighted by molar-refractivity contribution is 0.122. The Morgan fingerprint density at radius 2 is 2.07 bits per heavy atom. The van der Waals surface area contributed by atoms with E-state index >= 15 is 0 Å². The van der Waals surface area contributed by atoms with Gasteiger partial charge in [0.05, 0.1) is 41.7 Å². The molecule has 4 heterocycles. The van der Waals surface area contributed by atoms with Gasteiger partial charge in [0.15, 0.2) is 11.0 Å². The van der Waals surface area contributed by atoms with E-state index in [1.807, 2.05) is 32.5 Å². The van der Waals surface area contributed by atoms with E-state index in [-0.39, 0.29) is 17.4 Å². The fourth-order valence-electron chi connectivity index (χ4n) is 3.60. The van der Waals surface area contributed by atoms with Crippen LogP contribution < -0.4 is 16.0 Å². The van der Waals surface area contributed by atoms with Crippen LogP contribution >= 0.6 is 11.8 Å². The third kappa shape index (κ3) is 3.74. The fraction of sp³-hybridized carbons (Fsp3) is 0.400. The molecular formula is C20H24N8OS. The van der Waals surface area contributed by atoms with Gasteiger partial charge in [0.25, 0.3) is 0 Å². The van der Waals surface area contributed by atoms with E-state index in [1.165, 1.54) is 11.8 Å². The Hall–Kier alpha value is -3.03. The summed E-state index contributed by atoms with van der Waals surface area (Å²) in [6.45, 7) is 4.99. The van der Waals surface area contributed by atoms with Gasteiger partial charge in [-0.15, -0.1) is 0 Å². The van der Waals surface area contributed by atoms with Crippen molar-refractivity contribution in [3.8, 4) is 6.07 Å². The van der Waals surface area contributed by atoms with E-state index in [4.69, 9.17) is 15.5 Å². The zero-order valence-electron chi connectivity index (χ0n) is 17.2. The molecular weight excluding hydrogens is 400 g/mol. The van der Waals surface area contributed by atoms with Crippen molar-refractivity contribution < 1.29 is 4.74 Å². The van der Waals surface area contributed by atoms with Crippen molar-refractivity contribution in [1.29, 1.82) is 5.26 Å². The molecule has 156 valence electrons. The summed E-state index contributed by atoms with van der Waals surface area (Å²) in [6.07, 6.45) is 3.88. The van der Waals surface area contributed by atoms with E-state index in [0.29, 0.717) is 24.2 Å². The van der Waals surface area contributed by atoms with E-state index in [2.05, 4.69) is 36.9 Å². The van der Waals surface area contributed by atoms with Crippen molar-refractivity contribution >= 4 is 40.1 Å². The number of nitrogens with zero attached hydrogens (tertiary/aromatic N) is 6. The first kappa shape index (κ1) is 20.3. The van der Waals surface area contributed by atoms with Gasteiger partial charge in [-0.2, -0.15) is 5.26 Å². The second kappa shape index (κ2) is 8.38. The minimum Gasteiger partial charge on any atom is -0.382 e. The van der Waals surface area contributed by atoms with E-state index in [1.54, 1.807) is 0 Å². The highest BCUT2D eigenvalue weighted by Crippen LogP contribution is 2.32. The summed E-state index contributed by atoms with van der Waals surface area (Å²) in [7, 11) is 2.02. The molecule has 1 aliphatic heterocycles. The number of ether oxygens (including phenoxy) is 1. The topological polar surface area (TPSA) is 118 Å². The Morgan fingerprint density at radius 3 is 2.77 bits per heavy atom. The van der Waals surface area contributed by atoms with Crippen molar-refractivity contribution in [3.05, 3.63) is 29.6 Å². The predicted molar refractivity (Wildman–Crippen MR) is 119 cm³/mol. The van der Waals surface area contributed by atoms with Crippen LogP contribution in [0, 0.1) is 11.3 Å². The number of aromatic nitrogens is 4. The van der Waals surface area contributed by atoms with Crippen LogP contribution in [0.15, 0.2) is 23.5 Å². The number of aryl methyl sites for hydroxylation is 1. The lowest BCUT2D eigenvalue weighted by Crippen LogP contribution is -2.37. The number of thioether (sulfide) groups is 1. The molecule has 0 spiro atoms. The molecule has 0 amide bonds. The predicted octanol–water partition coefficient (Wildman–Crippen LogP) is 2.55. The molecule has 1 aliphatic rings. The Kier molecular flexibility index (Phi) is 5.65. The van der Waals surface area contributed by atoms with Crippen LogP contribution in [0.2, 0.25) is 0 Å². The molecule has 0 bridgehead atoms. The molecule has 0 radical (unpaired) electrons. The summed E-state index contributed by atoms with van der Waals surface area (Å²) in [5, 5.41) is 13.4. The summed E-state index contributed by atoms with van der Waals surface area (Å²) in [4.78, 5) is 15.9. The van der Waals surface area contributed by atoms with Gasteiger partial charge in [-0.1, -0.05) is 11.8 Å². The first-order valence-corrected chi connectivity index (χ1v) is 10.9. The third-order valence-electron chi connectivity index (χ3n) is 5.20. The first-order chi connectivity index (χ1) is 14.5. The van der Waals surface area contributed by atoms with Gasteiger partial charge in [-0.3, -0.25) is 0 Å². The highest BCUT2D eigenvalue weighted by Gasteiger charge is 2.23. The summed E-state index contributed by atoms with van der Waals surface area (Å²) in [5.41, 5.74) is 10.2. The van der Waals surface area contributed by atoms with Gasteiger partial charge >= 0.3 is 0 Å².